The smallest absolute Gasteiger partial charge is 0.254 e. The minimum Gasteiger partial charge on any atom is -0.294 e. The number of hydrogen-bond donors (Lipinski definition) is 1. The van der Waals surface area contributed by atoms with Crippen LogP contribution in [-0.2, 0) is 4.79 Å². The van der Waals surface area contributed by atoms with Gasteiger partial charge in [0.05, 0.1) is 12.8 Å². The third kappa shape index (κ3) is 4.13. The second-order valence-corrected chi connectivity index (χ2v) is 4.76. The lowest BCUT2D eigenvalue weighted by Crippen LogP contribution is -2.33. The van der Waals surface area contributed by atoms with Crippen molar-refractivity contribution in [1.82, 2.24) is 10.3 Å². The number of likely N-dealkylation sites (tertiary alicyclic amines) is 1. The molecule has 0 spiro atoms. The van der Waals surface area contributed by atoms with Gasteiger partial charge in [-0.3, -0.25) is 9.69 Å². The standard InChI is InChI=1S/C13H16ClN3O/c14-12-5-3-11(4-6-12)9-15-16-13(18)10-17-7-1-2-8-17/h3-6,9H,1-2,7-8,10H2,(H,16,18)/b15-9+. The van der Waals surface area contributed by atoms with Gasteiger partial charge >= 0.3 is 0 Å². The van der Waals surface area contributed by atoms with Crippen LogP contribution in [-0.4, -0.2) is 36.7 Å². The van der Waals surface area contributed by atoms with Gasteiger partial charge in [-0.05, 0) is 43.6 Å². The van der Waals surface area contributed by atoms with Crippen molar-refractivity contribution in [2.24, 2.45) is 5.10 Å². The SMILES string of the molecule is O=C(CN1CCCC1)N/N=C/c1ccc(Cl)cc1. The Kier molecular flexibility index (Phi) is 4.73. The van der Waals surface area contributed by atoms with Gasteiger partial charge in [0.2, 0.25) is 0 Å². The van der Waals surface area contributed by atoms with Gasteiger partial charge in [-0.2, -0.15) is 5.10 Å². The van der Waals surface area contributed by atoms with Gasteiger partial charge in [-0.15, -0.1) is 0 Å². The first kappa shape index (κ1) is 13.1. The zero-order valence-electron chi connectivity index (χ0n) is 10.1. The van der Waals surface area contributed by atoms with Crippen LogP contribution >= 0.6 is 11.6 Å². The van der Waals surface area contributed by atoms with E-state index in [9.17, 15) is 4.79 Å². The molecule has 4 nitrogen and oxygen atoms in total. The van der Waals surface area contributed by atoms with E-state index in [4.69, 9.17) is 11.6 Å². The molecule has 1 aliphatic rings. The summed E-state index contributed by atoms with van der Waals surface area (Å²) in [5, 5.41) is 4.60. The molecule has 1 saturated heterocycles. The number of nitrogens with one attached hydrogen (secondary N) is 1. The van der Waals surface area contributed by atoms with E-state index in [0.29, 0.717) is 11.6 Å². The van der Waals surface area contributed by atoms with E-state index in [-0.39, 0.29) is 5.91 Å². The fourth-order valence-electron chi connectivity index (χ4n) is 1.91. The molecule has 0 unspecified atom stereocenters. The van der Waals surface area contributed by atoms with E-state index < -0.39 is 0 Å². The Labute approximate surface area is 112 Å². The average molecular weight is 266 g/mol. The predicted octanol–water partition coefficient (Wildman–Crippen LogP) is 1.89. The molecule has 1 amide bonds. The van der Waals surface area contributed by atoms with Crippen LogP contribution in [0.15, 0.2) is 29.4 Å². The zero-order chi connectivity index (χ0) is 12.8. The number of amides is 1. The summed E-state index contributed by atoms with van der Waals surface area (Å²) in [6.45, 7) is 2.45. The van der Waals surface area contributed by atoms with Crippen LogP contribution in [0.4, 0.5) is 0 Å². The van der Waals surface area contributed by atoms with Crippen molar-refractivity contribution in [1.29, 1.82) is 0 Å². The van der Waals surface area contributed by atoms with Gasteiger partial charge in [-0.25, -0.2) is 5.43 Å². The highest BCUT2D eigenvalue weighted by molar-refractivity contribution is 6.30. The molecule has 0 aromatic heterocycles. The molecule has 1 N–H and O–H groups in total. The Morgan fingerprint density at radius 2 is 2.00 bits per heavy atom. The van der Waals surface area contributed by atoms with Crippen LogP contribution in [0.1, 0.15) is 18.4 Å². The Balaban J connectivity index is 1.76. The second kappa shape index (κ2) is 6.52. The van der Waals surface area contributed by atoms with Crippen LogP contribution in [0.5, 0.6) is 0 Å². The fourth-order valence-corrected chi connectivity index (χ4v) is 2.03. The molecule has 0 bridgehead atoms. The molecule has 0 radical (unpaired) electrons. The van der Waals surface area contributed by atoms with E-state index >= 15 is 0 Å². The highest BCUT2D eigenvalue weighted by Crippen LogP contribution is 2.08. The first-order valence-electron chi connectivity index (χ1n) is 6.04. The third-order valence-corrected chi connectivity index (χ3v) is 3.09. The van der Waals surface area contributed by atoms with Gasteiger partial charge in [0.25, 0.3) is 5.91 Å². The Morgan fingerprint density at radius 1 is 1.33 bits per heavy atom. The minimum absolute atomic E-state index is 0.0675. The molecule has 1 aliphatic heterocycles. The third-order valence-electron chi connectivity index (χ3n) is 2.84. The van der Waals surface area contributed by atoms with Crippen LogP contribution in [0, 0.1) is 0 Å². The molecule has 1 aromatic carbocycles. The zero-order valence-corrected chi connectivity index (χ0v) is 10.9. The van der Waals surface area contributed by atoms with Crippen LogP contribution < -0.4 is 5.43 Å². The fraction of sp³-hybridized carbons (Fsp3) is 0.385. The number of carbonyl (C=O) groups excluding carboxylic acids is 1. The molecule has 1 heterocycles. The molecule has 0 saturated carbocycles. The highest BCUT2D eigenvalue weighted by Gasteiger charge is 2.14. The Hall–Kier alpha value is -1.39. The quantitative estimate of drug-likeness (QED) is 0.667. The summed E-state index contributed by atoms with van der Waals surface area (Å²) in [6.07, 6.45) is 3.97. The lowest BCUT2D eigenvalue weighted by atomic mass is 10.2. The van der Waals surface area contributed by atoms with Crippen LogP contribution in [0.2, 0.25) is 5.02 Å². The van der Waals surface area contributed by atoms with Crippen molar-refractivity contribution in [2.75, 3.05) is 19.6 Å². The number of rotatable bonds is 4. The van der Waals surface area contributed by atoms with Crippen molar-refractivity contribution in [3.05, 3.63) is 34.9 Å². The molecule has 1 fully saturated rings. The van der Waals surface area contributed by atoms with Gasteiger partial charge in [-0.1, -0.05) is 23.7 Å². The Morgan fingerprint density at radius 3 is 2.67 bits per heavy atom. The second-order valence-electron chi connectivity index (χ2n) is 4.33. The van der Waals surface area contributed by atoms with E-state index in [1.807, 2.05) is 12.1 Å². The lowest BCUT2D eigenvalue weighted by Gasteiger charge is -2.12. The molecular weight excluding hydrogens is 250 g/mol. The van der Waals surface area contributed by atoms with Crippen LogP contribution in [0.25, 0.3) is 0 Å². The van der Waals surface area contributed by atoms with Crippen molar-refractivity contribution >= 4 is 23.7 Å². The number of hydrogen-bond acceptors (Lipinski definition) is 3. The monoisotopic (exact) mass is 265 g/mol. The lowest BCUT2D eigenvalue weighted by molar-refractivity contribution is -0.121. The van der Waals surface area contributed by atoms with E-state index in [0.717, 1.165) is 18.7 Å². The van der Waals surface area contributed by atoms with Crippen molar-refractivity contribution in [3.8, 4) is 0 Å². The summed E-state index contributed by atoms with van der Waals surface area (Å²) >= 11 is 5.77. The maximum atomic E-state index is 11.6. The first-order valence-corrected chi connectivity index (χ1v) is 6.42. The van der Waals surface area contributed by atoms with E-state index in [1.165, 1.54) is 12.8 Å². The summed E-state index contributed by atoms with van der Waals surface area (Å²) in [5.74, 6) is -0.0675. The molecule has 96 valence electrons. The molecule has 18 heavy (non-hydrogen) atoms. The summed E-state index contributed by atoms with van der Waals surface area (Å²) in [5.41, 5.74) is 3.43. The summed E-state index contributed by atoms with van der Waals surface area (Å²) < 4.78 is 0. The summed E-state index contributed by atoms with van der Waals surface area (Å²) in [4.78, 5) is 13.7. The van der Waals surface area contributed by atoms with Crippen molar-refractivity contribution < 1.29 is 4.79 Å². The molecule has 0 atom stereocenters. The van der Waals surface area contributed by atoms with Gasteiger partial charge in [0.15, 0.2) is 0 Å². The maximum Gasteiger partial charge on any atom is 0.254 e. The predicted molar refractivity (Wildman–Crippen MR) is 72.9 cm³/mol. The minimum atomic E-state index is -0.0675. The molecule has 2 rings (SSSR count). The largest absolute Gasteiger partial charge is 0.294 e. The van der Waals surface area contributed by atoms with Gasteiger partial charge in [0, 0.05) is 5.02 Å². The molecule has 5 heteroatoms. The summed E-state index contributed by atoms with van der Waals surface area (Å²) in [7, 11) is 0. The maximum absolute atomic E-state index is 11.6. The molecule has 1 aromatic rings. The normalized spacial score (nSPS) is 16.3. The first-order chi connectivity index (χ1) is 8.74. The number of carbonyl (C=O) groups is 1. The Bertz CT molecular complexity index is 424. The van der Waals surface area contributed by atoms with Gasteiger partial charge in [0.1, 0.15) is 0 Å². The van der Waals surface area contributed by atoms with Crippen molar-refractivity contribution in [3.63, 3.8) is 0 Å². The van der Waals surface area contributed by atoms with E-state index in [2.05, 4.69) is 15.4 Å². The number of halogens is 1. The topological polar surface area (TPSA) is 44.7 Å². The molecule has 0 aliphatic carbocycles. The number of benzene rings is 1. The van der Waals surface area contributed by atoms with Gasteiger partial charge < -0.3 is 0 Å². The van der Waals surface area contributed by atoms with E-state index in [1.54, 1.807) is 18.3 Å². The highest BCUT2D eigenvalue weighted by atomic mass is 35.5. The number of hydrazone groups is 1. The average Bonchev–Trinajstić information content (AvgIpc) is 2.84. The number of nitrogens with zero attached hydrogens (tertiary/aromatic N) is 2. The van der Waals surface area contributed by atoms with Crippen molar-refractivity contribution in [2.45, 2.75) is 12.8 Å². The summed E-state index contributed by atoms with van der Waals surface area (Å²) in [6, 6.07) is 7.26. The van der Waals surface area contributed by atoms with Crippen LogP contribution in [0.3, 0.4) is 0 Å². The molecular formula is C13H16ClN3O.